The minimum Gasteiger partial charge on any atom is -0.409 e. The maximum absolute atomic E-state index is 12.8. The van der Waals surface area contributed by atoms with Gasteiger partial charge >= 0.3 is 0 Å². The van der Waals surface area contributed by atoms with Crippen LogP contribution in [0.15, 0.2) is 5.16 Å². The Bertz CT molecular complexity index is 368. The number of rotatable bonds is 8. The number of hydrogen-bond donors (Lipinski definition) is 3. The van der Waals surface area contributed by atoms with E-state index in [1.54, 1.807) is 0 Å². The molecule has 0 bridgehead atoms. The Morgan fingerprint density at radius 1 is 1.38 bits per heavy atom. The minimum absolute atomic E-state index is 0.0445. The van der Waals surface area contributed by atoms with E-state index in [2.05, 4.69) is 16.7 Å². The fourth-order valence-corrected chi connectivity index (χ4v) is 4.08. The average molecular weight is 315 g/mol. The fourth-order valence-electron chi connectivity index (χ4n) is 3.28. The number of nitrogens with one attached hydrogen (secondary N) is 1. The highest BCUT2D eigenvalue weighted by molar-refractivity contribution is 7.99. The largest absolute Gasteiger partial charge is 0.409 e. The predicted octanol–water partition coefficient (Wildman–Crippen LogP) is 2.72. The zero-order valence-corrected chi connectivity index (χ0v) is 14.2. The van der Waals surface area contributed by atoms with Gasteiger partial charge in [0, 0.05) is 11.3 Å². The van der Waals surface area contributed by atoms with Gasteiger partial charge in [-0.15, -0.1) is 0 Å². The van der Waals surface area contributed by atoms with Crippen LogP contribution in [0.25, 0.3) is 0 Å². The molecule has 0 radical (unpaired) electrons. The lowest BCUT2D eigenvalue weighted by Crippen LogP contribution is -2.52. The van der Waals surface area contributed by atoms with Crippen LogP contribution < -0.4 is 11.1 Å². The second-order valence-electron chi connectivity index (χ2n) is 5.91. The van der Waals surface area contributed by atoms with Crippen LogP contribution in [0.1, 0.15) is 58.8 Å². The highest BCUT2D eigenvalue weighted by Gasteiger charge is 2.42. The molecule has 0 aromatic rings. The number of nitrogens with two attached hydrogens (primary N) is 1. The number of thioether (sulfide) groups is 1. The van der Waals surface area contributed by atoms with E-state index in [1.807, 2.05) is 25.6 Å². The summed E-state index contributed by atoms with van der Waals surface area (Å²) in [6, 6.07) is 0.217. The molecule has 0 aliphatic heterocycles. The minimum atomic E-state index is -0.865. The van der Waals surface area contributed by atoms with Crippen LogP contribution in [0.5, 0.6) is 0 Å². The Labute approximate surface area is 132 Å². The smallest absolute Gasteiger partial charge is 0.234 e. The molecule has 4 N–H and O–H groups in total. The van der Waals surface area contributed by atoms with E-state index < -0.39 is 5.41 Å². The van der Waals surface area contributed by atoms with E-state index in [-0.39, 0.29) is 17.8 Å². The first-order valence-electron chi connectivity index (χ1n) is 7.85. The third-order valence-electron chi connectivity index (χ3n) is 4.44. The summed E-state index contributed by atoms with van der Waals surface area (Å²) in [5, 5.41) is 16.0. The molecule has 2 unspecified atom stereocenters. The first kappa shape index (κ1) is 18.1. The summed E-state index contributed by atoms with van der Waals surface area (Å²) in [6.45, 7) is 4.03. The van der Waals surface area contributed by atoms with Crippen LogP contribution >= 0.6 is 11.8 Å². The molecule has 1 fully saturated rings. The highest BCUT2D eigenvalue weighted by Crippen LogP contribution is 2.33. The molecule has 0 saturated heterocycles. The van der Waals surface area contributed by atoms with E-state index in [0.717, 1.165) is 32.1 Å². The van der Waals surface area contributed by atoms with Crippen LogP contribution in [0.3, 0.4) is 0 Å². The van der Waals surface area contributed by atoms with Crippen LogP contribution in [0, 0.1) is 5.41 Å². The molecule has 6 heteroatoms. The molecule has 122 valence electrons. The molecule has 0 heterocycles. The Kier molecular flexibility index (Phi) is 7.35. The van der Waals surface area contributed by atoms with E-state index in [9.17, 15) is 4.79 Å². The number of carbonyl (C=O) groups excluding carboxylic acids is 1. The fraction of sp³-hybridized carbons (Fsp3) is 0.867. The van der Waals surface area contributed by atoms with Gasteiger partial charge in [-0.05, 0) is 38.4 Å². The predicted molar refractivity (Wildman–Crippen MR) is 88.7 cm³/mol. The summed E-state index contributed by atoms with van der Waals surface area (Å²) < 4.78 is 0. The van der Waals surface area contributed by atoms with Crippen LogP contribution in [-0.4, -0.2) is 34.5 Å². The number of carbonyl (C=O) groups is 1. The summed E-state index contributed by atoms with van der Waals surface area (Å²) in [4.78, 5) is 12.8. The number of nitrogens with zero attached hydrogens (tertiary/aromatic N) is 1. The Morgan fingerprint density at radius 2 is 2.00 bits per heavy atom. The van der Waals surface area contributed by atoms with Crippen molar-refractivity contribution in [1.82, 2.24) is 5.32 Å². The van der Waals surface area contributed by atoms with Gasteiger partial charge in [-0.25, -0.2) is 0 Å². The normalized spacial score (nSPS) is 23.3. The lowest BCUT2D eigenvalue weighted by Gasteiger charge is -2.32. The van der Waals surface area contributed by atoms with Gasteiger partial charge in [0.25, 0.3) is 0 Å². The quantitative estimate of drug-likeness (QED) is 0.278. The van der Waals surface area contributed by atoms with Crippen molar-refractivity contribution < 1.29 is 10.0 Å². The van der Waals surface area contributed by atoms with E-state index in [4.69, 9.17) is 10.9 Å². The van der Waals surface area contributed by atoms with Crippen molar-refractivity contribution in [3.63, 3.8) is 0 Å². The number of hydrogen-bond acceptors (Lipinski definition) is 4. The standard InChI is InChI=1S/C15H29N3O2S/c1-4-8-15(9-5-2,13(16)18-20)14(19)17-11-6-7-12(10-11)21-3/h11-12,20H,4-10H2,1-3H3,(H2,16,18)(H,17,19). The van der Waals surface area contributed by atoms with Crippen molar-refractivity contribution in [2.45, 2.75) is 70.1 Å². The topological polar surface area (TPSA) is 87.7 Å². The summed E-state index contributed by atoms with van der Waals surface area (Å²) in [5.74, 6) is -0.0311. The van der Waals surface area contributed by atoms with Crippen molar-refractivity contribution in [3.05, 3.63) is 0 Å². The molecule has 1 amide bonds. The van der Waals surface area contributed by atoms with E-state index >= 15 is 0 Å². The maximum Gasteiger partial charge on any atom is 0.234 e. The van der Waals surface area contributed by atoms with Gasteiger partial charge in [-0.3, -0.25) is 4.79 Å². The molecule has 1 rings (SSSR count). The molecule has 1 aliphatic rings. The molecule has 1 aliphatic carbocycles. The maximum atomic E-state index is 12.8. The molecular weight excluding hydrogens is 286 g/mol. The monoisotopic (exact) mass is 315 g/mol. The Hall–Kier alpha value is -0.910. The molecule has 2 atom stereocenters. The van der Waals surface area contributed by atoms with E-state index in [1.165, 1.54) is 0 Å². The molecule has 0 spiro atoms. The molecule has 21 heavy (non-hydrogen) atoms. The highest BCUT2D eigenvalue weighted by atomic mass is 32.2. The molecule has 5 nitrogen and oxygen atoms in total. The zero-order valence-electron chi connectivity index (χ0n) is 13.4. The lowest BCUT2D eigenvalue weighted by molar-refractivity contribution is -0.129. The molecular formula is C15H29N3O2S. The zero-order chi connectivity index (χ0) is 15.9. The molecule has 0 aromatic heterocycles. The summed E-state index contributed by atoms with van der Waals surface area (Å²) in [7, 11) is 0. The Balaban J connectivity index is 2.84. The van der Waals surface area contributed by atoms with Gasteiger partial charge in [-0.1, -0.05) is 31.8 Å². The first-order valence-corrected chi connectivity index (χ1v) is 9.14. The third kappa shape index (κ3) is 4.28. The van der Waals surface area contributed by atoms with Gasteiger partial charge in [0.1, 0.15) is 5.41 Å². The van der Waals surface area contributed by atoms with Crippen molar-refractivity contribution in [2.24, 2.45) is 16.3 Å². The van der Waals surface area contributed by atoms with Crippen molar-refractivity contribution >= 4 is 23.5 Å². The van der Waals surface area contributed by atoms with Crippen molar-refractivity contribution in [2.75, 3.05) is 6.26 Å². The summed E-state index contributed by atoms with van der Waals surface area (Å²) in [5.41, 5.74) is 5.02. The van der Waals surface area contributed by atoms with Gasteiger partial charge in [0.2, 0.25) is 5.91 Å². The number of oxime groups is 1. The van der Waals surface area contributed by atoms with Crippen LogP contribution in [0.2, 0.25) is 0 Å². The number of amides is 1. The van der Waals surface area contributed by atoms with E-state index in [0.29, 0.717) is 18.1 Å². The second-order valence-corrected chi connectivity index (χ2v) is 7.05. The average Bonchev–Trinajstić information content (AvgIpc) is 2.93. The van der Waals surface area contributed by atoms with Crippen molar-refractivity contribution in [3.8, 4) is 0 Å². The molecule has 1 saturated carbocycles. The van der Waals surface area contributed by atoms with Crippen LogP contribution in [0.4, 0.5) is 0 Å². The van der Waals surface area contributed by atoms with Gasteiger partial charge in [0.05, 0.1) is 0 Å². The second kappa shape index (κ2) is 8.51. The SMILES string of the molecule is CCCC(CCC)(C(=O)NC1CCC(SC)C1)C(N)=NO. The van der Waals surface area contributed by atoms with Gasteiger partial charge < -0.3 is 16.3 Å². The number of amidine groups is 1. The summed E-state index contributed by atoms with van der Waals surface area (Å²) in [6.07, 6.45) is 8.15. The van der Waals surface area contributed by atoms with Crippen molar-refractivity contribution in [1.29, 1.82) is 0 Å². The first-order chi connectivity index (χ1) is 10.0. The van der Waals surface area contributed by atoms with Gasteiger partial charge in [-0.2, -0.15) is 11.8 Å². The van der Waals surface area contributed by atoms with Gasteiger partial charge in [0.15, 0.2) is 5.84 Å². The Morgan fingerprint density at radius 3 is 2.43 bits per heavy atom. The van der Waals surface area contributed by atoms with Crippen LogP contribution in [-0.2, 0) is 4.79 Å². The molecule has 0 aromatic carbocycles. The summed E-state index contributed by atoms with van der Waals surface area (Å²) >= 11 is 1.86. The third-order valence-corrected chi connectivity index (χ3v) is 5.53. The lowest BCUT2D eigenvalue weighted by atomic mass is 9.77.